The summed E-state index contributed by atoms with van der Waals surface area (Å²) in [5, 5.41) is 7.31. The van der Waals surface area contributed by atoms with Crippen molar-refractivity contribution >= 4 is 50.6 Å². The Bertz CT molecular complexity index is 1010. The van der Waals surface area contributed by atoms with Gasteiger partial charge in [0.15, 0.2) is 0 Å². The predicted octanol–water partition coefficient (Wildman–Crippen LogP) is 5.16. The smallest absolute Gasteiger partial charge is 0.230 e. The monoisotopic (exact) mass is 429 g/mol. The van der Waals surface area contributed by atoms with Crippen molar-refractivity contribution in [3.8, 4) is 0 Å². The van der Waals surface area contributed by atoms with E-state index in [1.54, 1.807) is 23.1 Å². The minimum Gasteiger partial charge on any atom is -0.350 e. The zero-order valence-corrected chi connectivity index (χ0v) is 18.3. The van der Waals surface area contributed by atoms with Crippen molar-refractivity contribution in [3.05, 3.63) is 38.7 Å². The number of thiophene rings is 2. The number of nitrogens with one attached hydrogen (secondary N) is 1. The van der Waals surface area contributed by atoms with Crippen LogP contribution in [0.3, 0.4) is 0 Å². The summed E-state index contributed by atoms with van der Waals surface area (Å²) in [7, 11) is 0. The molecule has 1 saturated carbocycles. The van der Waals surface area contributed by atoms with E-state index in [9.17, 15) is 4.79 Å². The molecular formula is C21H23N3OS3. The molecule has 0 saturated heterocycles. The lowest BCUT2D eigenvalue weighted by Crippen LogP contribution is -2.24. The van der Waals surface area contributed by atoms with E-state index in [2.05, 4.69) is 12.2 Å². The Morgan fingerprint density at radius 2 is 2.21 bits per heavy atom. The second kappa shape index (κ2) is 7.76. The zero-order chi connectivity index (χ0) is 19.1. The van der Waals surface area contributed by atoms with Gasteiger partial charge in [0.25, 0.3) is 0 Å². The van der Waals surface area contributed by atoms with E-state index in [-0.39, 0.29) is 5.91 Å². The van der Waals surface area contributed by atoms with Crippen LogP contribution in [0.25, 0.3) is 10.2 Å². The molecule has 2 aliphatic rings. The highest BCUT2D eigenvalue weighted by Gasteiger charge is 2.30. The summed E-state index contributed by atoms with van der Waals surface area (Å²) in [6.07, 6.45) is 5.88. The molecule has 1 N–H and O–H groups in total. The van der Waals surface area contributed by atoms with Crippen LogP contribution >= 0.6 is 34.4 Å². The molecule has 0 radical (unpaired) electrons. The van der Waals surface area contributed by atoms with E-state index in [0.29, 0.717) is 18.2 Å². The fraction of sp³-hybridized carbons (Fsp3) is 0.476. The number of amides is 1. The largest absolute Gasteiger partial charge is 0.350 e. The number of hydrogen-bond acceptors (Lipinski definition) is 6. The van der Waals surface area contributed by atoms with Crippen molar-refractivity contribution in [3.63, 3.8) is 0 Å². The predicted molar refractivity (Wildman–Crippen MR) is 117 cm³/mol. The number of carbonyl (C=O) groups excluding carboxylic acids is 1. The van der Waals surface area contributed by atoms with E-state index in [1.807, 2.05) is 28.8 Å². The minimum atomic E-state index is 0.0656. The number of fused-ring (bicyclic) bond motifs is 3. The third-order valence-corrected chi connectivity index (χ3v) is 8.46. The third kappa shape index (κ3) is 3.84. The molecule has 1 atom stereocenters. The highest BCUT2D eigenvalue weighted by Crippen LogP contribution is 2.44. The molecule has 146 valence electrons. The number of aryl methyl sites for hydroxylation is 1. The number of nitrogens with zero attached hydrogens (tertiary/aromatic N) is 2. The molecule has 3 aromatic heterocycles. The first kappa shape index (κ1) is 18.6. The lowest BCUT2D eigenvalue weighted by molar-refractivity contribution is -0.118. The van der Waals surface area contributed by atoms with Crippen molar-refractivity contribution in [1.82, 2.24) is 15.3 Å². The first-order chi connectivity index (χ1) is 13.7. The average Bonchev–Trinajstić information content (AvgIpc) is 3.28. The quantitative estimate of drug-likeness (QED) is 0.434. The maximum atomic E-state index is 12.4. The molecule has 2 aliphatic carbocycles. The normalized spacial score (nSPS) is 19.0. The lowest BCUT2D eigenvalue weighted by Gasteiger charge is -2.18. The van der Waals surface area contributed by atoms with Gasteiger partial charge in [0, 0.05) is 21.1 Å². The van der Waals surface area contributed by atoms with Gasteiger partial charge in [0.1, 0.15) is 15.7 Å². The number of carbonyl (C=O) groups is 1. The van der Waals surface area contributed by atoms with Crippen LogP contribution in [0.4, 0.5) is 0 Å². The molecule has 0 spiro atoms. The molecular weight excluding hydrogens is 406 g/mol. The van der Waals surface area contributed by atoms with E-state index in [1.165, 1.54) is 40.0 Å². The first-order valence-corrected chi connectivity index (χ1v) is 12.6. The lowest BCUT2D eigenvalue weighted by atomic mass is 9.89. The molecule has 0 bridgehead atoms. The minimum absolute atomic E-state index is 0.0656. The molecule has 0 aliphatic heterocycles. The highest BCUT2D eigenvalue weighted by molar-refractivity contribution is 8.00. The number of aromatic nitrogens is 2. The molecule has 1 fully saturated rings. The molecule has 7 heteroatoms. The van der Waals surface area contributed by atoms with Gasteiger partial charge < -0.3 is 5.32 Å². The maximum Gasteiger partial charge on any atom is 0.230 e. The van der Waals surface area contributed by atoms with Gasteiger partial charge in [-0.15, -0.1) is 22.7 Å². The summed E-state index contributed by atoms with van der Waals surface area (Å²) in [6.45, 7) is 2.94. The molecule has 4 nitrogen and oxygen atoms in total. The van der Waals surface area contributed by atoms with Gasteiger partial charge in [-0.2, -0.15) is 0 Å². The summed E-state index contributed by atoms with van der Waals surface area (Å²) in [6, 6.07) is 4.06. The standard InChI is InChI=1S/C21H23N3OS3/c1-12-4-7-15-16(9-12)28-21-18(15)20(23-19(24-21)13-5-6-13)27-11-17(25)22-10-14-3-2-8-26-14/h2-3,8,12-13H,4-7,9-11H2,1H3,(H,22,25)/t12-/m0/s1. The summed E-state index contributed by atoms with van der Waals surface area (Å²) < 4.78 is 0. The van der Waals surface area contributed by atoms with Gasteiger partial charge in [-0.05, 0) is 55.0 Å². The first-order valence-electron chi connectivity index (χ1n) is 9.91. The van der Waals surface area contributed by atoms with E-state index in [0.717, 1.165) is 34.4 Å². The van der Waals surface area contributed by atoms with Crippen molar-refractivity contribution in [2.45, 2.75) is 56.5 Å². The Morgan fingerprint density at radius 1 is 1.32 bits per heavy atom. The Hall–Kier alpha value is -1.44. The fourth-order valence-electron chi connectivity index (χ4n) is 3.74. The molecule has 3 aromatic rings. The van der Waals surface area contributed by atoms with Crippen LogP contribution in [-0.2, 0) is 24.2 Å². The maximum absolute atomic E-state index is 12.4. The zero-order valence-electron chi connectivity index (χ0n) is 15.9. The Balaban J connectivity index is 1.38. The van der Waals surface area contributed by atoms with Crippen molar-refractivity contribution in [2.75, 3.05) is 5.75 Å². The Labute approximate surface area is 177 Å². The van der Waals surface area contributed by atoms with Crippen LogP contribution in [0, 0.1) is 5.92 Å². The third-order valence-electron chi connectivity index (χ3n) is 5.46. The van der Waals surface area contributed by atoms with E-state index < -0.39 is 0 Å². The van der Waals surface area contributed by atoms with Gasteiger partial charge >= 0.3 is 0 Å². The van der Waals surface area contributed by atoms with Gasteiger partial charge in [-0.3, -0.25) is 4.79 Å². The van der Waals surface area contributed by atoms with Crippen molar-refractivity contribution in [1.29, 1.82) is 0 Å². The van der Waals surface area contributed by atoms with Crippen LogP contribution < -0.4 is 5.32 Å². The Kier molecular flexibility index (Phi) is 5.15. The molecule has 1 amide bonds. The Morgan fingerprint density at radius 3 is 3.00 bits per heavy atom. The SMILES string of the molecule is C[C@H]1CCc2c(sc3nc(C4CC4)nc(SCC(=O)NCc4cccs4)c23)C1. The highest BCUT2D eigenvalue weighted by atomic mass is 32.2. The van der Waals surface area contributed by atoms with Crippen molar-refractivity contribution in [2.24, 2.45) is 5.92 Å². The van der Waals surface area contributed by atoms with Gasteiger partial charge in [-0.1, -0.05) is 24.8 Å². The number of rotatable bonds is 6. The second-order valence-corrected chi connectivity index (χ2v) is 10.9. The molecule has 0 unspecified atom stereocenters. The summed E-state index contributed by atoms with van der Waals surface area (Å²) in [5.74, 6) is 2.73. The van der Waals surface area contributed by atoms with Crippen LogP contribution in [-0.4, -0.2) is 21.6 Å². The van der Waals surface area contributed by atoms with E-state index >= 15 is 0 Å². The summed E-state index contributed by atoms with van der Waals surface area (Å²) in [5.41, 5.74) is 1.45. The summed E-state index contributed by atoms with van der Waals surface area (Å²) >= 11 is 5.11. The molecule has 5 rings (SSSR count). The van der Waals surface area contributed by atoms with Gasteiger partial charge in [0.2, 0.25) is 5.91 Å². The fourth-order valence-corrected chi connectivity index (χ4v) is 6.73. The molecule has 28 heavy (non-hydrogen) atoms. The van der Waals surface area contributed by atoms with Crippen LogP contribution in [0.15, 0.2) is 22.5 Å². The van der Waals surface area contributed by atoms with Crippen molar-refractivity contribution < 1.29 is 4.79 Å². The number of hydrogen-bond donors (Lipinski definition) is 1. The van der Waals surface area contributed by atoms with Gasteiger partial charge in [0.05, 0.1) is 12.3 Å². The number of thioether (sulfide) groups is 1. The second-order valence-electron chi connectivity index (χ2n) is 7.84. The van der Waals surface area contributed by atoms with Gasteiger partial charge in [-0.25, -0.2) is 9.97 Å². The molecule has 0 aromatic carbocycles. The molecule has 3 heterocycles. The average molecular weight is 430 g/mol. The topological polar surface area (TPSA) is 54.9 Å². The van der Waals surface area contributed by atoms with E-state index in [4.69, 9.17) is 9.97 Å². The summed E-state index contributed by atoms with van der Waals surface area (Å²) in [4.78, 5) is 26.0. The van der Waals surface area contributed by atoms with Crippen LogP contribution in [0.2, 0.25) is 0 Å². The van der Waals surface area contributed by atoms with Crippen LogP contribution in [0.5, 0.6) is 0 Å². The van der Waals surface area contributed by atoms with Crippen LogP contribution in [0.1, 0.15) is 53.2 Å².